The Kier molecular flexibility index (Phi) is 3.65. The summed E-state index contributed by atoms with van der Waals surface area (Å²) >= 11 is 0. The van der Waals surface area contributed by atoms with Gasteiger partial charge >= 0.3 is 12.1 Å². The van der Waals surface area contributed by atoms with E-state index in [0.717, 1.165) is 6.07 Å². The molecule has 0 atom stereocenters. The molecular weight excluding hydrogens is 271 g/mol. The smallest absolute Gasteiger partial charge is 0.418 e. The normalized spacial score (nSPS) is 11.7. The summed E-state index contributed by atoms with van der Waals surface area (Å²) < 4.78 is 43.7. The Morgan fingerprint density at radius 1 is 1.35 bits per heavy atom. The molecule has 0 aliphatic heterocycles. The van der Waals surface area contributed by atoms with Gasteiger partial charge in [0.2, 0.25) is 0 Å². The zero-order valence-electron chi connectivity index (χ0n) is 10.9. The van der Waals surface area contributed by atoms with Gasteiger partial charge in [0.05, 0.1) is 17.7 Å². The average molecular weight is 283 g/mol. The maximum absolute atomic E-state index is 13.0. The van der Waals surface area contributed by atoms with Crippen molar-refractivity contribution in [3.8, 4) is 0 Å². The highest BCUT2D eigenvalue weighted by Crippen LogP contribution is 2.34. The van der Waals surface area contributed by atoms with Gasteiger partial charge in [-0.1, -0.05) is 12.1 Å². The van der Waals surface area contributed by atoms with E-state index in [9.17, 15) is 18.0 Å². The first-order valence-electron chi connectivity index (χ1n) is 5.99. The number of aryl methyl sites for hydroxylation is 1. The number of nitrogens with zero attached hydrogens (tertiary/aromatic N) is 1. The SMILES string of the molecule is CCOC(=O)c1cc(C)c2cccc(C(F)(F)F)c2n1. The first-order chi connectivity index (χ1) is 9.34. The number of halogens is 3. The minimum Gasteiger partial charge on any atom is -0.461 e. The van der Waals surface area contributed by atoms with Crippen LogP contribution in [-0.4, -0.2) is 17.6 Å². The number of esters is 1. The van der Waals surface area contributed by atoms with E-state index in [1.165, 1.54) is 12.1 Å². The van der Waals surface area contributed by atoms with Crippen LogP contribution < -0.4 is 0 Å². The quantitative estimate of drug-likeness (QED) is 0.788. The van der Waals surface area contributed by atoms with Gasteiger partial charge < -0.3 is 4.74 Å². The summed E-state index contributed by atoms with van der Waals surface area (Å²) in [6.45, 7) is 3.39. The molecule has 0 bridgehead atoms. The Balaban J connectivity index is 2.71. The van der Waals surface area contributed by atoms with E-state index in [-0.39, 0.29) is 17.8 Å². The fourth-order valence-corrected chi connectivity index (χ4v) is 1.96. The molecule has 20 heavy (non-hydrogen) atoms. The molecule has 6 heteroatoms. The Hall–Kier alpha value is -2.11. The summed E-state index contributed by atoms with van der Waals surface area (Å²) in [6, 6.07) is 5.25. The summed E-state index contributed by atoms with van der Waals surface area (Å²) in [5.41, 5.74) is -0.662. The lowest BCUT2D eigenvalue weighted by atomic mass is 10.0. The van der Waals surface area contributed by atoms with Crippen LogP contribution in [-0.2, 0) is 10.9 Å². The molecule has 3 nitrogen and oxygen atoms in total. The average Bonchev–Trinajstić information content (AvgIpc) is 2.37. The van der Waals surface area contributed by atoms with Crippen LogP contribution in [0.1, 0.15) is 28.5 Å². The van der Waals surface area contributed by atoms with E-state index >= 15 is 0 Å². The van der Waals surface area contributed by atoms with E-state index in [0.29, 0.717) is 10.9 Å². The number of hydrogen-bond acceptors (Lipinski definition) is 3. The minimum absolute atomic E-state index is 0.117. The van der Waals surface area contributed by atoms with Crippen LogP contribution in [0.3, 0.4) is 0 Å². The number of rotatable bonds is 2. The van der Waals surface area contributed by atoms with Crippen LogP contribution in [0.4, 0.5) is 13.2 Å². The number of carbonyl (C=O) groups is 1. The first-order valence-corrected chi connectivity index (χ1v) is 5.99. The number of ether oxygens (including phenoxy) is 1. The Morgan fingerprint density at radius 3 is 2.65 bits per heavy atom. The van der Waals surface area contributed by atoms with Gasteiger partial charge in [-0.25, -0.2) is 9.78 Å². The molecule has 2 aromatic rings. The molecule has 0 fully saturated rings. The fourth-order valence-electron chi connectivity index (χ4n) is 1.96. The number of pyridine rings is 1. The third-order valence-corrected chi connectivity index (χ3v) is 2.84. The van der Waals surface area contributed by atoms with Crippen LogP contribution in [0.25, 0.3) is 10.9 Å². The van der Waals surface area contributed by atoms with Crippen molar-refractivity contribution >= 4 is 16.9 Å². The van der Waals surface area contributed by atoms with Crippen molar-refractivity contribution < 1.29 is 22.7 Å². The molecule has 0 amide bonds. The summed E-state index contributed by atoms with van der Waals surface area (Å²) in [7, 11) is 0. The lowest BCUT2D eigenvalue weighted by Crippen LogP contribution is -2.11. The third kappa shape index (κ3) is 2.59. The molecule has 2 rings (SSSR count). The van der Waals surface area contributed by atoms with E-state index in [1.54, 1.807) is 19.9 Å². The van der Waals surface area contributed by atoms with E-state index in [4.69, 9.17) is 4.74 Å². The molecule has 0 aliphatic carbocycles. The van der Waals surface area contributed by atoms with Gasteiger partial charge in [0.25, 0.3) is 0 Å². The highest BCUT2D eigenvalue weighted by molar-refractivity contribution is 5.93. The van der Waals surface area contributed by atoms with Crippen LogP contribution >= 0.6 is 0 Å². The predicted molar refractivity (Wildman–Crippen MR) is 67.4 cm³/mol. The van der Waals surface area contributed by atoms with Crippen LogP contribution in [0.15, 0.2) is 24.3 Å². The van der Waals surface area contributed by atoms with Gasteiger partial charge in [0.15, 0.2) is 0 Å². The summed E-state index contributed by atoms with van der Waals surface area (Å²) in [6.07, 6.45) is -4.52. The van der Waals surface area contributed by atoms with Crippen LogP contribution in [0, 0.1) is 6.92 Å². The lowest BCUT2D eigenvalue weighted by molar-refractivity contribution is -0.136. The van der Waals surface area contributed by atoms with Gasteiger partial charge in [0, 0.05) is 5.39 Å². The summed E-state index contributed by atoms with van der Waals surface area (Å²) in [5, 5.41) is 0.368. The van der Waals surface area contributed by atoms with Crippen molar-refractivity contribution in [2.24, 2.45) is 0 Å². The van der Waals surface area contributed by atoms with Gasteiger partial charge in [-0.2, -0.15) is 13.2 Å². The molecule has 0 saturated heterocycles. The summed E-state index contributed by atoms with van der Waals surface area (Å²) in [4.78, 5) is 15.5. The number of benzene rings is 1. The minimum atomic E-state index is -4.52. The number of alkyl halides is 3. The second kappa shape index (κ2) is 5.11. The van der Waals surface area contributed by atoms with E-state index in [2.05, 4.69) is 4.98 Å². The maximum atomic E-state index is 13.0. The Morgan fingerprint density at radius 2 is 2.05 bits per heavy atom. The molecule has 1 heterocycles. The molecule has 0 aliphatic rings. The molecule has 0 radical (unpaired) electrons. The van der Waals surface area contributed by atoms with E-state index in [1.807, 2.05) is 0 Å². The van der Waals surface area contributed by atoms with Crippen molar-refractivity contribution in [2.75, 3.05) is 6.61 Å². The van der Waals surface area contributed by atoms with Crippen molar-refractivity contribution in [1.82, 2.24) is 4.98 Å². The van der Waals surface area contributed by atoms with Crippen LogP contribution in [0.2, 0.25) is 0 Å². The number of aromatic nitrogens is 1. The monoisotopic (exact) mass is 283 g/mol. The largest absolute Gasteiger partial charge is 0.461 e. The molecule has 1 aromatic heterocycles. The topological polar surface area (TPSA) is 39.2 Å². The zero-order chi connectivity index (χ0) is 14.9. The maximum Gasteiger partial charge on any atom is 0.418 e. The zero-order valence-corrected chi connectivity index (χ0v) is 10.9. The molecule has 0 N–H and O–H groups in total. The Labute approximate surface area is 113 Å². The number of hydrogen-bond donors (Lipinski definition) is 0. The summed E-state index contributed by atoms with van der Waals surface area (Å²) in [5.74, 6) is -0.727. The van der Waals surface area contributed by atoms with Crippen molar-refractivity contribution in [1.29, 1.82) is 0 Å². The van der Waals surface area contributed by atoms with Crippen molar-refractivity contribution in [2.45, 2.75) is 20.0 Å². The standard InChI is InChI=1S/C14H12F3NO2/c1-3-20-13(19)11-7-8(2)9-5-4-6-10(12(9)18-11)14(15,16)17/h4-7H,3H2,1-2H3. The third-order valence-electron chi connectivity index (χ3n) is 2.84. The lowest BCUT2D eigenvalue weighted by Gasteiger charge is -2.12. The van der Waals surface area contributed by atoms with Gasteiger partial charge in [-0.3, -0.25) is 0 Å². The molecular formula is C14H12F3NO2. The number of fused-ring (bicyclic) bond motifs is 1. The molecule has 0 unspecified atom stereocenters. The van der Waals surface area contributed by atoms with Crippen LogP contribution in [0.5, 0.6) is 0 Å². The first kappa shape index (κ1) is 14.3. The molecule has 0 spiro atoms. The second-order valence-electron chi connectivity index (χ2n) is 4.24. The van der Waals surface area contributed by atoms with Crippen molar-refractivity contribution in [3.05, 3.63) is 41.1 Å². The van der Waals surface area contributed by atoms with Gasteiger partial charge in [-0.05, 0) is 31.5 Å². The number of carbonyl (C=O) groups excluding carboxylic acids is 1. The fraction of sp³-hybridized carbons (Fsp3) is 0.286. The Bertz CT molecular complexity index is 665. The van der Waals surface area contributed by atoms with Crippen molar-refractivity contribution in [3.63, 3.8) is 0 Å². The molecule has 106 valence electrons. The molecule has 1 aromatic carbocycles. The predicted octanol–water partition coefficient (Wildman–Crippen LogP) is 3.74. The van der Waals surface area contributed by atoms with E-state index < -0.39 is 17.7 Å². The highest BCUT2D eigenvalue weighted by Gasteiger charge is 2.33. The van der Waals surface area contributed by atoms with Gasteiger partial charge in [0.1, 0.15) is 5.69 Å². The second-order valence-corrected chi connectivity index (χ2v) is 4.24. The van der Waals surface area contributed by atoms with Gasteiger partial charge in [-0.15, -0.1) is 0 Å². The number of para-hydroxylation sites is 1. The molecule has 0 saturated carbocycles. The highest BCUT2D eigenvalue weighted by atomic mass is 19.4.